The van der Waals surface area contributed by atoms with E-state index in [9.17, 15) is 4.39 Å². The van der Waals surface area contributed by atoms with Crippen LogP contribution in [0.1, 0.15) is 12.5 Å². The third-order valence-electron chi connectivity index (χ3n) is 1.85. The van der Waals surface area contributed by atoms with Crippen molar-refractivity contribution >= 4 is 15.9 Å². The zero-order valence-corrected chi connectivity index (χ0v) is 8.81. The molecule has 0 saturated heterocycles. The van der Waals surface area contributed by atoms with Gasteiger partial charge in [-0.3, -0.25) is 0 Å². The number of halogens is 2. The van der Waals surface area contributed by atoms with E-state index in [0.29, 0.717) is 10.0 Å². The molecule has 0 heterocycles. The van der Waals surface area contributed by atoms with Gasteiger partial charge in [0.25, 0.3) is 0 Å². The molecular weight excluding hydrogens is 237 g/mol. The Morgan fingerprint density at radius 1 is 1.54 bits per heavy atom. The van der Waals surface area contributed by atoms with Gasteiger partial charge in [0.05, 0.1) is 12.1 Å². The average Bonchev–Trinajstić information content (AvgIpc) is 2.02. The van der Waals surface area contributed by atoms with Gasteiger partial charge in [-0.15, -0.1) is 0 Å². The van der Waals surface area contributed by atoms with Crippen molar-refractivity contribution in [2.75, 3.05) is 6.61 Å². The smallest absolute Gasteiger partial charge is 0.124 e. The summed E-state index contributed by atoms with van der Waals surface area (Å²) in [4.78, 5) is 0. The Bertz CT molecular complexity index is 294. The molecule has 1 rings (SSSR count). The van der Waals surface area contributed by atoms with Crippen LogP contribution in [-0.4, -0.2) is 11.7 Å². The van der Waals surface area contributed by atoms with Crippen LogP contribution in [0.15, 0.2) is 22.7 Å². The number of aliphatic hydroxyl groups is 1. The van der Waals surface area contributed by atoms with Crippen molar-refractivity contribution in [3.05, 3.63) is 34.1 Å². The van der Waals surface area contributed by atoms with Gasteiger partial charge in [-0.2, -0.15) is 0 Å². The van der Waals surface area contributed by atoms with Crippen molar-refractivity contribution in [2.45, 2.75) is 12.5 Å². The quantitative estimate of drug-likeness (QED) is 0.837. The molecule has 0 aromatic heterocycles. The fourth-order valence-corrected chi connectivity index (χ4v) is 1.44. The van der Waals surface area contributed by atoms with Crippen molar-refractivity contribution in [3.63, 3.8) is 0 Å². The fourth-order valence-electron chi connectivity index (χ4n) is 0.975. The molecule has 0 spiro atoms. The van der Waals surface area contributed by atoms with E-state index in [4.69, 9.17) is 10.8 Å². The first-order chi connectivity index (χ1) is 5.95. The molecule has 0 radical (unpaired) electrons. The minimum absolute atomic E-state index is 0.219. The topological polar surface area (TPSA) is 46.2 Å². The van der Waals surface area contributed by atoms with Gasteiger partial charge in [-0.05, 0) is 30.7 Å². The highest BCUT2D eigenvalue weighted by Crippen LogP contribution is 2.22. The molecule has 0 saturated carbocycles. The molecule has 1 atom stereocenters. The Labute approximate surface area is 84.7 Å². The van der Waals surface area contributed by atoms with Gasteiger partial charge in [-0.25, -0.2) is 4.39 Å². The van der Waals surface area contributed by atoms with Crippen LogP contribution in [0, 0.1) is 5.82 Å². The number of hydrogen-bond donors (Lipinski definition) is 2. The van der Waals surface area contributed by atoms with E-state index < -0.39 is 5.54 Å². The zero-order valence-electron chi connectivity index (χ0n) is 7.22. The number of nitrogens with two attached hydrogens (primary N) is 1. The summed E-state index contributed by atoms with van der Waals surface area (Å²) in [5.74, 6) is -0.366. The van der Waals surface area contributed by atoms with Crippen LogP contribution < -0.4 is 5.73 Å². The Hall–Kier alpha value is -0.450. The average molecular weight is 248 g/mol. The molecule has 0 aliphatic carbocycles. The van der Waals surface area contributed by atoms with Crippen LogP contribution in [0.3, 0.4) is 0 Å². The summed E-state index contributed by atoms with van der Waals surface area (Å²) in [6.45, 7) is 1.43. The summed E-state index contributed by atoms with van der Waals surface area (Å²) >= 11 is 3.16. The van der Waals surface area contributed by atoms with Crippen LogP contribution in [-0.2, 0) is 5.54 Å². The summed E-state index contributed by atoms with van der Waals surface area (Å²) < 4.78 is 13.5. The van der Waals surface area contributed by atoms with Crippen LogP contribution in [0.25, 0.3) is 0 Å². The minimum Gasteiger partial charge on any atom is -0.394 e. The number of benzene rings is 1. The molecule has 0 aliphatic rings. The molecule has 0 fully saturated rings. The van der Waals surface area contributed by atoms with E-state index in [1.54, 1.807) is 13.0 Å². The molecule has 13 heavy (non-hydrogen) atoms. The first-order valence-corrected chi connectivity index (χ1v) is 4.61. The maximum atomic E-state index is 12.9. The summed E-state index contributed by atoms with van der Waals surface area (Å²) in [6, 6.07) is 4.36. The number of hydrogen-bond acceptors (Lipinski definition) is 2. The van der Waals surface area contributed by atoms with Gasteiger partial charge in [0, 0.05) is 4.47 Å². The van der Waals surface area contributed by atoms with E-state index in [1.807, 2.05) is 0 Å². The predicted octanol–water partition coefficient (Wildman–Crippen LogP) is 1.75. The molecule has 2 nitrogen and oxygen atoms in total. The molecule has 1 aromatic rings. The van der Waals surface area contributed by atoms with Gasteiger partial charge >= 0.3 is 0 Å². The maximum absolute atomic E-state index is 12.9. The standard InChI is InChI=1S/C9H11BrFNO/c1-9(12,5-13)6-2-7(10)4-8(11)3-6/h2-4,13H,5,12H2,1H3. The minimum atomic E-state index is -0.898. The first kappa shape index (κ1) is 10.6. The normalized spacial score (nSPS) is 15.5. The SMILES string of the molecule is CC(N)(CO)c1cc(F)cc(Br)c1. The predicted molar refractivity (Wildman–Crippen MR) is 52.7 cm³/mol. The summed E-state index contributed by atoms with van der Waals surface area (Å²) in [6.07, 6.45) is 0. The van der Waals surface area contributed by atoms with E-state index in [-0.39, 0.29) is 12.4 Å². The summed E-state index contributed by atoms with van der Waals surface area (Å²) in [5.41, 5.74) is 5.41. The Morgan fingerprint density at radius 2 is 2.15 bits per heavy atom. The van der Waals surface area contributed by atoms with Crippen molar-refractivity contribution in [3.8, 4) is 0 Å². The van der Waals surface area contributed by atoms with Gasteiger partial charge < -0.3 is 10.8 Å². The first-order valence-electron chi connectivity index (χ1n) is 3.82. The molecule has 72 valence electrons. The van der Waals surface area contributed by atoms with Crippen LogP contribution in [0.4, 0.5) is 4.39 Å². The lowest BCUT2D eigenvalue weighted by Gasteiger charge is -2.22. The lowest BCUT2D eigenvalue weighted by atomic mass is 9.94. The number of rotatable bonds is 2. The van der Waals surface area contributed by atoms with Gasteiger partial charge in [0.1, 0.15) is 5.82 Å². The molecule has 3 N–H and O–H groups in total. The second-order valence-electron chi connectivity index (χ2n) is 3.23. The van der Waals surface area contributed by atoms with Gasteiger partial charge in [0.15, 0.2) is 0 Å². The van der Waals surface area contributed by atoms with E-state index in [2.05, 4.69) is 15.9 Å². The highest BCUT2D eigenvalue weighted by molar-refractivity contribution is 9.10. The zero-order chi connectivity index (χ0) is 10.1. The van der Waals surface area contributed by atoms with E-state index in [0.717, 1.165) is 0 Å². The Balaban J connectivity index is 3.15. The molecule has 0 aliphatic heterocycles. The molecule has 1 aromatic carbocycles. The molecule has 4 heteroatoms. The highest BCUT2D eigenvalue weighted by atomic mass is 79.9. The van der Waals surface area contributed by atoms with Crippen molar-refractivity contribution < 1.29 is 9.50 Å². The summed E-state index contributed by atoms with van der Waals surface area (Å²) in [5, 5.41) is 8.97. The second kappa shape index (κ2) is 3.74. The van der Waals surface area contributed by atoms with Crippen molar-refractivity contribution in [2.24, 2.45) is 5.73 Å². The van der Waals surface area contributed by atoms with E-state index in [1.165, 1.54) is 12.1 Å². The third-order valence-corrected chi connectivity index (χ3v) is 2.31. The van der Waals surface area contributed by atoms with Gasteiger partial charge in [0.2, 0.25) is 0 Å². The van der Waals surface area contributed by atoms with Crippen molar-refractivity contribution in [1.29, 1.82) is 0 Å². The maximum Gasteiger partial charge on any atom is 0.124 e. The Morgan fingerprint density at radius 3 is 2.62 bits per heavy atom. The molecular formula is C9H11BrFNO. The second-order valence-corrected chi connectivity index (χ2v) is 4.15. The monoisotopic (exact) mass is 247 g/mol. The lowest BCUT2D eigenvalue weighted by molar-refractivity contribution is 0.209. The largest absolute Gasteiger partial charge is 0.394 e. The van der Waals surface area contributed by atoms with Crippen molar-refractivity contribution in [1.82, 2.24) is 0 Å². The molecule has 1 unspecified atom stereocenters. The number of aliphatic hydroxyl groups excluding tert-OH is 1. The lowest BCUT2D eigenvalue weighted by Crippen LogP contribution is -2.37. The van der Waals surface area contributed by atoms with Crippen LogP contribution in [0.2, 0.25) is 0 Å². The summed E-state index contributed by atoms with van der Waals surface area (Å²) in [7, 11) is 0. The molecule has 0 bridgehead atoms. The van der Waals surface area contributed by atoms with Gasteiger partial charge in [-0.1, -0.05) is 15.9 Å². The fraction of sp³-hybridized carbons (Fsp3) is 0.333. The van der Waals surface area contributed by atoms with Crippen LogP contribution in [0.5, 0.6) is 0 Å². The third kappa shape index (κ3) is 2.49. The molecule has 0 amide bonds. The Kier molecular flexibility index (Phi) is 3.05. The van der Waals surface area contributed by atoms with E-state index >= 15 is 0 Å². The van der Waals surface area contributed by atoms with Crippen LogP contribution >= 0.6 is 15.9 Å². The highest BCUT2D eigenvalue weighted by Gasteiger charge is 2.20.